The Kier molecular flexibility index (Phi) is 3.75. The first-order valence-corrected chi connectivity index (χ1v) is 6.34. The van der Waals surface area contributed by atoms with E-state index in [4.69, 9.17) is 0 Å². The quantitative estimate of drug-likeness (QED) is 0.821. The largest absolute Gasteiger partial charge is 0.349 e. The monoisotopic (exact) mass is 246 g/mol. The number of aromatic nitrogens is 1. The van der Waals surface area contributed by atoms with Crippen molar-refractivity contribution in [3.8, 4) is 0 Å². The van der Waals surface area contributed by atoms with Crippen LogP contribution in [0.15, 0.2) is 24.4 Å². The summed E-state index contributed by atoms with van der Waals surface area (Å²) >= 11 is 0. The summed E-state index contributed by atoms with van der Waals surface area (Å²) < 4.78 is 0. The Labute approximate surface area is 107 Å². The van der Waals surface area contributed by atoms with E-state index in [1.807, 2.05) is 18.2 Å². The molecule has 0 unspecified atom stereocenters. The number of Topliss-reactive ketones (excluding diaryl/α,β-unsaturated/α-hetero) is 1. The lowest BCUT2D eigenvalue weighted by molar-refractivity contribution is -0.136. The number of nitrogens with one attached hydrogen (secondary N) is 1. The van der Waals surface area contributed by atoms with Gasteiger partial charge in [-0.25, -0.2) is 0 Å². The molecule has 1 fully saturated rings. The minimum Gasteiger partial charge on any atom is -0.349 e. The molecule has 0 spiro atoms. The van der Waals surface area contributed by atoms with Gasteiger partial charge in [-0.3, -0.25) is 14.6 Å². The number of carbonyl (C=O) groups excluding carboxylic acids is 2. The van der Waals surface area contributed by atoms with Crippen molar-refractivity contribution in [3.63, 3.8) is 0 Å². The zero-order chi connectivity index (χ0) is 13.0. The molecule has 0 radical (unpaired) electrons. The van der Waals surface area contributed by atoms with E-state index < -0.39 is 11.7 Å². The summed E-state index contributed by atoms with van der Waals surface area (Å²) in [4.78, 5) is 26.8. The minimum atomic E-state index is -0.503. The maximum atomic E-state index is 11.4. The molecule has 1 amide bonds. The van der Waals surface area contributed by atoms with Crippen LogP contribution in [0.1, 0.15) is 38.3 Å². The van der Waals surface area contributed by atoms with E-state index in [9.17, 15) is 9.59 Å². The van der Waals surface area contributed by atoms with Crippen LogP contribution in [0.3, 0.4) is 0 Å². The number of ketones is 1. The van der Waals surface area contributed by atoms with Gasteiger partial charge in [0, 0.05) is 30.8 Å². The van der Waals surface area contributed by atoms with E-state index in [2.05, 4.69) is 10.3 Å². The Bertz CT molecular complexity index is 436. The Balaban J connectivity index is 2.13. The van der Waals surface area contributed by atoms with Gasteiger partial charge in [-0.05, 0) is 25.0 Å². The summed E-state index contributed by atoms with van der Waals surface area (Å²) in [6.45, 7) is 1.79. The van der Waals surface area contributed by atoms with Crippen molar-refractivity contribution in [2.45, 2.75) is 38.0 Å². The molecule has 96 valence electrons. The molecule has 0 aliphatic heterocycles. The normalized spacial score (nSPS) is 17.4. The van der Waals surface area contributed by atoms with Crippen molar-refractivity contribution in [2.24, 2.45) is 0 Å². The van der Waals surface area contributed by atoms with Crippen LogP contribution in [-0.4, -0.2) is 23.2 Å². The third-order valence-corrected chi connectivity index (χ3v) is 3.68. The molecular formula is C14H18N2O2. The highest BCUT2D eigenvalue weighted by Gasteiger charge is 2.37. The van der Waals surface area contributed by atoms with Crippen LogP contribution in [0.2, 0.25) is 0 Å². The zero-order valence-corrected chi connectivity index (χ0v) is 10.6. The van der Waals surface area contributed by atoms with E-state index in [1.165, 1.54) is 6.92 Å². The fourth-order valence-electron chi connectivity index (χ4n) is 2.63. The number of carbonyl (C=O) groups is 2. The molecule has 0 bridgehead atoms. The molecule has 1 N–H and O–H groups in total. The molecule has 18 heavy (non-hydrogen) atoms. The molecule has 0 aromatic carbocycles. The Morgan fingerprint density at radius 2 is 2.06 bits per heavy atom. The van der Waals surface area contributed by atoms with Crippen molar-refractivity contribution in [1.82, 2.24) is 10.3 Å². The van der Waals surface area contributed by atoms with Crippen LogP contribution in [0.25, 0.3) is 0 Å². The number of pyridine rings is 1. The van der Waals surface area contributed by atoms with Gasteiger partial charge >= 0.3 is 0 Å². The molecule has 1 aromatic rings. The average molecular weight is 246 g/mol. The Hall–Kier alpha value is -1.71. The number of amides is 1. The first kappa shape index (κ1) is 12.7. The van der Waals surface area contributed by atoms with Crippen molar-refractivity contribution >= 4 is 11.7 Å². The molecule has 2 rings (SSSR count). The molecule has 1 heterocycles. The van der Waals surface area contributed by atoms with Crippen molar-refractivity contribution in [1.29, 1.82) is 0 Å². The number of nitrogens with zero attached hydrogens (tertiary/aromatic N) is 1. The summed E-state index contributed by atoms with van der Waals surface area (Å²) in [5.74, 6) is -0.943. The van der Waals surface area contributed by atoms with Gasteiger partial charge in [0.25, 0.3) is 5.91 Å². The van der Waals surface area contributed by atoms with Crippen LogP contribution in [0.5, 0.6) is 0 Å². The maximum Gasteiger partial charge on any atom is 0.287 e. The van der Waals surface area contributed by atoms with Gasteiger partial charge < -0.3 is 5.32 Å². The van der Waals surface area contributed by atoms with E-state index in [1.54, 1.807) is 6.20 Å². The molecule has 1 aliphatic carbocycles. The molecule has 1 saturated carbocycles. The fourth-order valence-corrected chi connectivity index (χ4v) is 2.63. The second-order valence-corrected chi connectivity index (χ2v) is 4.94. The lowest BCUT2D eigenvalue weighted by Gasteiger charge is -2.28. The van der Waals surface area contributed by atoms with Gasteiger partial charge in [0.1, 0.15) is 0 Å². The van der Waals surface area contributed by atoms with Crippen LogP contribution < -0.4 is 5.32 Å². The highest BCUT2D eigenvalue weighted by atomic mass is 16.2. The maximum absolute atomic E-state index is 11.4. The SMILES string of the molecule is CC(=O)C(=O)NCC1(c2ccccn2)CCCC1. The van der Waals surface area contributed by atoms with Gasteiger partial charge in [-0.2, -0.15) is 0 Å². The fraction of sp³-hybridized carbons (Fsp3) is 0.500. The molecular weight excluding hydrogens is 228 g/mol. The van der Waals surface area contributed by atoms with Crippen LogP contribution in [0.4, 0.5) is 0 Å². The Morgan fingerprint density at radius 3 is 2.61 bits per heavy atom. The first-order valence-electron chi connectivity index (χ1n) is 6.34. The summed E-state index contributed by atoms with van der Waals surface area (Å²) in [6.07, 6.45) is 6.10. The highest BCUT2D eigenvalue weighted by molar-refractivity contribution is 6.35. The standard InChI is InChI=1S/C14H18N2O2/c1-11(17)13(18)16-10-14(7-3-4-8-14)12-6-2-5-9-15-12/h2,5-6,9H,3-4,7-8,10H2,1H3,(H,16,18). The topological polar surface area (TPSA) is 59.1 Å². The molecule has 0 atom stereocenters. The average Bonchev–Trinajstić information content (AvgIpc) is 2.87. The molecule has 1 aromatic heterocycles. The van der Waals surface area contributed by atoms with E-state index in [0.29, 0.717) is 6.54 Å². The summed E-state index contributed by atoms with van der Waals surface area (Å²) in [5, 5.41) is 2.73. The lowest BCUT2D eigenvalue weighted by Crippen LogP contribution is -2.41. The predicted molar refractivity (Wildman–Crippen MR) is 68.1 cm³/mol. The third-order valence-electron chi connectivity index (χ3n) is 3.68. The first-order chi connectivity index (χ1) is 8.64. The number of hydrogen-bond donors (Lipinski definition) is 1. The van der Waals surface area contributed by atoms with Gasteiger partial charge in [0.2, 0.25) is 5.78 Å². The lowest BCUT2D eigenvalue weighted by atomic mass is 9.82. The predicted octanol–water partition coefficient (Wildman–Crippen LogP) is 1.60. The van der Waals surface area contributed by atoms with Crippen molar-refractivity contribution in [3.05, 3.63) is 30.1 Å². The smallest absolute Gasteiger partial charge is 0.287 e. The van der Waals surface area contributed by atoms with Crippen LogP contribution in [-0.2, 0) is 15.0 Å². The third kappa shape index (κ3) is 2.58. The van der Waals surface area contributed by atoms with Gasteiger partial charge in [0.15, 0.2) is 0 Å². The van der Waals surface area contributed by atoms with Gasteiger partial charge in [0.05, 0.1) is 0 Å². The van der Waals surface area contributed by atoms with Crippen LogP contribution in [0, 0.1) is 0 Å². The molecule has 4 nitrogen and oxygen atoms in total. The van der Waals surface area contributed by atoms with Crippen LogP contribution >= 0.6 is 0 Å². The van der Waals surface area contributed by atoms with Gasteiger partial charge in [-0.1, -0.05) is 18.9 Å². The van der Waals surface area contributed by atoms with E-state index in [0.717, 1.165) is 31.4 Å². The van der Waals surface area contributed by atoms with E-state index in [-0.39, 0.29) is 5.41 Å². The van der Waals surface area contributed by atoms with Gasteiger partial charge in [-0.15, -0.1) is 0 Å². The van der Waals surface area contributed by atoms with Crippen molar-refractivity contribution < 1.29 is 9.59 Å². The van der Waals surface area contributed by atoms with Crippen molar-refractivity contribution in [2.75, 3.05) is 6.54 Å². The second kappa shape index (κ2) is 5.29. The molecule has 4 heteroatoms. The summed E-state index contributed by atoms with van der Waals surface area (Å²) in [7, 11) is 0. The zero-order valence-electron chi connectivity index (χ0n) is 10.6. The second-order valence-electron chi connectivity index (χ2n) is 4.94. The minimum absolute atomic E-state index is 0.0909. The molecule has 0 saturated heterocycles. The summed E-state index contributed by atoms with van der Waals surface area (Å²) in [6, 6.07) is 5.86. The molecule has 1 aliphatic rings. The summed E-state index contributed by atoms with van der Waals surface area (Å²) in [5.41, 5.74) is 0.929. The Morgan fingerprint density at radius 1 is 1.33 bits per heavy atom. The number of hydrogen-bond acceptors (Lipinski definition) is 3. The number of rotatable bonds is 4. The highest BCUT2D eigenvalue weighted by Crippen LogP contribution is 2.39. The van der Waals surface area contributed by atoms with E-state index >= 15 is 0 Å².